The Morgan fingerprint density at radius 3 is 2.95 bits per heavy atom. The first-order valence-corrected chi connectivity index (χ1v) is 7.94. The summed E-state index contributed by atoms with van der Waals surface area (Å²) >= 11 is 1.56. The number of hydrogen-bond acceptors (Lipinski definition) is 3. The monoisotopic (exact) mass is 303 g/mol. The van der Waals surface area contributed by atoms with E-state index in [0.717, 1.165) is 16.5 Å². The quantitative estimate of drug-likeness (QED) is 0.927. The third kappa shape index (κ3) is 2.65. The summed E-state index contributed by atoms with van der Waals surface area (Å²) in [6, 6.07) is 6.06. The highest BCUT2D eigenvalue weighted by Gasteiger charge is 2.29. The molecule has 2 heterocycles. The molecular formula is C16H17NO3S. The lowest BCUT2D eigenvalue weighted by atomic mass is 9.97. The van der Waals surface area contributed by atoms with E-state index in [1.807, 2.05) is 24.4 Å². The minimum absolute atomic E-state index is 0.0453. The Labute approximate surface area is 127 Å². The van der Waals surface area contributed by atoms with Gasteiger partial charge in [0, 0.05) is 28.6 Å². The Bertz CT molecular complexity index is 707. The first kappa shape index (κ1) is 14.1. The molecule has 0 saturated carbocycles. The standard InChI is InChI=1S/C16H17NO3S/c1-10-4-5-12-13(9-21-14(12)7-10)15(18)17-6-2-3-11(8-17)16(19)20/h4-5,7,9,11H,2-3,6,8H2,1H3,(H,19,20)/t11-/m0/s1. The van der Waals surface area contributed by atoms with Crippen molar-refractivity contribution >= 4 is 33.3 Å². The number of carbonyl (C=O) groups excluding carboxylic acids is 1. The predicted molar refractivity (Wildman–Crippen MR) is 82.8 cm³/mol. The van der Waals surface area contributed by atoms with Crippen molar-refractivity contribution in [3.05, 3.63) is 34.7 Å². The Morgan fingerprint density at radius 1 is 1.38 bits per heavy atom. The van der Waals surface area contributed by atoms with Gasteiger partial charge >= 0.3 is 5.97 Å². The molecule has 5 heteroatoms. The van der Waals surface area contributed by atoms with Gasteiger partial charge in [-0.15, -0.1) is 11.3 Å². The fraction of sp³-hybridized carbons (Fsp3) is 0.375. The lowest BCUT2D eigenvalue weighted by molar-refractivity contribution is -0.143. The molecule has 1 aliphatic heterocycles. The SMILES string of the molecule is Cc1ccc2c(C(=O)N3CCC[C@H](C(=O)O)C3)csc2c1. The Morgan fingerprint density at radius 2 is 2.19 bits per heavy atom. The predicted octanol–water partition coefficient (Wildman–Crippen LogP) is 3.15. The molecule has 1 saturated heterocycles. The van der Waals surface area contributed by atoms with Crippen LogP contribution in [0, 0.1) is 12.8 Å². The van der Waals surface area contributed by atoms with Crippen LogP contribution in [0.25, 0.3) is 10.1 Å². The molecule has 1 amide bonds. The summed E-state index contributed by atoms with van der Waals surface area (Å²) in [6.07, 6.45) is 1.41. The largest absolute Gasteiger partial charge is 0.481 e. The van der Waals surface area contributed by atoms with Crippen LogP contribution in [0.15, 0.2) is 23.6 Å². The maximum Gasteiger partial charge on any atom is 0.308 e. The van der Waals surface area contributed by atoms with Crippen molar-refractivity contribution in [1.82, 2.24) is 4.90 Å². The molecule has 1 fully saturated rings. The summed E-state index contributed by atoms with van der Waals surface area (Å²) < 4.78 is 1.10. The molecule has 21 heavy (non-hydrogen) atoms. The van der Waals surface area contributed by atoms with Gasteiger partial charge in [-0.1, -0.05) is 12.1 Å². The van der Waals surface area contributed by atoms with Crippen LogP contribution in [0.5, 0.6) is 0 Å². The van der Waals surface area contributed by atoms with Gasteiger partial charge in [-0.25, -0.2) is 0 Å². The zero-order valence-electron chi connectivity index (χ0n) is 11.8. The Balaban J connectivity index is 1.88. The van der Waals surface area contributed by atoms with Crippen molar-refractivity contribution < 1.29 is 14.7 Å². The minimum Gasteiger partial charge on any atom is -0.481 e. The molecule has 1 aliphatic rings. The van der Waals surface area contributed by atoms with Crippen molar-refractivity contribution in [2.24, 2.45) is 5.92 Å². The van der Waals surface area contributed by atoms with E-state index in [1.165, 1.54) is 5.56 Å². The van der Waals surface area contributed by atoms with Gasteiger partial charge in [0.15, 0.2) is 0 Å². The summed E-state index contributed by atoms with van der Waals surface area (Å²) in [7, 11) is 0. The summed E-state index contributed by atoms with van der Waals surface area (Å²) in [5.41, 5.74) is 1.87. The van der Waals surface area contributed by atoms with Gasteiger partial charge in [0.05, 0.1) is 11.5 Å². The molecule has 0 radical (unpaired) electrons. The number of likely N-dealkylation sites (tertiary alicyclic amines) is 1. The molecule has 1 aromatic heterocycles. The highest BCUT2D eigenvalue weighted by Crippen LogP contribution is 2.29. The van der Waals surface area contributed by atoms with Gasteiger partial charge in [0.25, 0.3) is 5.91 Å². The number of carboxylic acids is 1. The van der Waals surface area contributed by atoms with Gasteiger partial charge in [0.2, 0.25) is 0 Å². The maximum atomic E-state index is 12.7. The van der Waals surface area contributed by atoms with E-state index in [1.54, 1.807) is 16.2 Å². The second kappa shape index (κ2) is 5.48. The maximum absolute atomic E-state index is 12.7. The molecule has 1 N–H and O–H groups in total. The Hall–Kier alpha value is -1.88. The summed E-state index contributed by atoms with van der Waals surface area (Å²) in [4.78, 5) is 25.5. The number of amides is 1. The number of rotatable bonds is 2. The average molecular weight is 303 g/mol. The fourth-order valence-electron chi connectivity index (χ4n) is 2.83. The van der Waals surface area contributed by atoms with Crippen molar-refractivity contribution in [3.8, 4) is 0 Å². The molecule has 110 valence electrons. The van der Waals surface area contributed by atoms with E-state index in [2.05, 4.69) is 6.07 Å². The van der Waals surface area contributed by atoms with E-state index in [4.69, 9.17) is 5.11 Å². The van der Waals surface area contributed by atoms with Crippen LogP contribution in [-0.2, 0) is 4.79 Å². The number of carbonyl (C=O) groups is 2. The third-order valence-corrected chi connectivity index (χ3v) is 4.96. The highest BCUT2D eigenvalue weighted by atomic mass is 32.1. The van der Waals surface area contributed by atoms with E-state index in [-0.39, 0.29) is 5.91 Å². The topological polar surface area (TPSA) is 57.6 Å². The van der Waals surface area contributed by atoms with E-state index < -0.39 is 11.9 Å². The number of hydrogen-bond donors (Lipinski definition) is 1. The van der Waals surface area contributed by atoms with Gasteiger partial charge < -0.3 is 10.0 Å². The van der Waals surface area contributed by atoms with Gasteiger partial charge in [0.1, 0.15) is 0 Å². The second-order valence-electron chi connectivity index (χ2n) is 5.58. The third-order valence-electron chi connectivity index (χ3n) is 4.02. The van der Waals surface area contributed by atoms with E-state index >= 15 is 0 Å². The van der Waals surface area contributed by atoms with Crippen LogP contribution in [0.2, 0.25) is 0 Å². The molecule has 1 atom stereocenters. The molecule has 4 nitrogen and oxygen atoms in total. The fourth-order valence-corrected chi connectivity index (χ4v) is 3.87. The molecule has 2 aromatic rings. The van der Waals surface area contributed by atoms with Crippen molar-refractivity contribution in [3.63, 3.8) is 0 Å². The van der Waals surface area contributed by atoms with Crippen molar-refractivity contribution in [2.45, 2.75) is 19.8 Å². The minimum atomic E-state index is -0.807. The highest BCUT2D eigenvalue weighted by molar-refractivity contribution is 7.17. The van der Waals surface area contributed by atoms with Gasteiger partial charge in [-0.2, -0.15) is 0 Å². The molecule has 1 aromatic carbocycles. The molecule has 3 rings (SSSR count). The second-order valence-corrected chi connectivity index (χ2v) is 6.49. The van der Waals surface area contributed by atoms with Gasteiger partial charge in [-0.05, 0) is 31.4 Å². The number of carboxylic acid groups (broad SMARTS) is 1. The molecule has 0 bridgehead atoms. The number of aryl methyl sites for hydroxylation is 1. The molecular weight excluding hydrogens is 286 g/mol. The smallest absolute Gasteiger partial charge is 0.308 e. The number of fused-ring (bicyclic) bond motifs is 1. The number of piperidine rings is 1. The molecule has 0 spiro atoms. The number of benzene rings is 1. The van der Waals surface area contributed by atoms with Crippen molar-refractivity contribution in [1.29, 1.82) is 0 Å². The number of aliphatic carboxylic acids is 1. The number of thiophene rings is 1. The zero-order chi connectivity index (χ0) is 15.0. The van der Waals surface area contributed by atoms with Crippen LogP contribution >= 0.6 is 11.3 Å². The average Bonchev–Trinajstić information content (AvgIpc) is 2.89. The van der Waals surface area contributed by atoms with Crippen LogP contribution in [-0.4, -0.2) is 35.0 Å². The first-order chi connectivity index (χ1) is 10.1. The lowest BCUT2D eigenvalue weighted by Gasteiger charge is -2.30. The summed E-state index contributed by atoms with van der Waals surface area (Å²) in [6.45, 7) is 2.99. The van der Waals surface area contributed by atoms with E-state index in [0.29, 0.717) is 25.1 Å². The summed E-state index contributed by atoms with van der Waals surface area (Å²) in [5.74, 6) is -1.29. The Kier molecular flexibility index (Phi) is 3.68. The molecule has 0 unspecified atom stereocenters. The van der Waals surface area contributed by atoms with E-state index in [9.17, 15) is 9.59 Å². The van der Waals surface area contributed by atoms with Crippen LogP contribution in [0.1, 0.15) is 28.8 Å². The zero-order valence-corrected chi connectivity index (χ0v) is 12.7. The number of nitrogens with zero attached hydrogens (tertiary/aromatic N) is 1. The van der Waals surface area contributed by atoms with Crippen LogP contribution in [0.4, 0.5) is 0 Å². The normalized spacial score (nSPS) is 18.9. The van der Waals surface area contributed by atoms with Gasteiger partial charge in [-0.3, -0.25) is 9.59 Å². The lowest BCUT2D eigenvalue weighted by Crippen LogP contribution is -2.42. The molecule has 0 aliphatic carbocycles. The summed E-state index contributed by atoms with van der Waals surface area (Å²) in [5, 5.41) is 12.0. The van der Waals surface area contributed by atoms with Crippen LogP contribution in [0.3, 0.4) is 0 Å². The van der Waals surface area contributed by atoms with Crippen LogP contribution < -0.4 is 0 Å². The first-order valence-electron chi connectivity index (χ1n) is 7.06. The van der Waals surface area contributed by atoms with Crippen molar-refractivity contribution in [2.75, 3.05) is 13.1 Å².